The van der Waals surface area contributed by atoms with E-state index in [2.05, 4.69) is 37.9 Å². The maximum absolute atomic E-state index is 4.12. The lowest BCUT2D eigenvalue weighted by Crippen LogP contribution is -2.20. The summed E-state index contributed by atoms with van der Waals surface area (Å²) < 4.78 is 1.39. The largest absolute Gasteiger partial charge is 0.296 e. The van der Waals surface area contributed by atoms with E-state index in [0.717, 1.165) is 6.42 Å². The summed E-state index contributed by atoms with van der Waals surface area (Å²) in [5.41, 5.74) is 1.28. The summed E-state index contributed by atoms with van der Waals surface area (Å²) in [7, 11) is 1.83. The molecule has 1 aromatic heterocycles. The normalized spacial score (nSPS) is 14.7. The fourth-order valence-corrected chi connectivity index (χ4v) is 3.03. The summed E-state index contributed by atoms with van der Waals surface area (Å²) in [6, 6.07) is 2.35. The Hall–Kier alpha value is -0.890. The Morgan fingerprint density at radius 2 is 2.18 bits per heavy atom. The van der Waals surface area contributed by atoms with E-state index in [1.54, 1.807) is 0 Å². The summed E-state index contributed by atoms with van der Waals surface area (Å²) in [6.45, 7) is 6.58. The minimum Gasteiger partial charge on any atom is -0.296 e. The number of thiophene rings is 1. The van der Waals surface area contributed by atoms with Crippen molar-refractivity contribution in [2.45, 2.75) is 46.5 Å². The first-order chi connectivity index (χ1) is 8.22. The smallest absolute Gasteiger partial charge is 0.0386 e. The van der Waals surface area contributed by atoms with Gasteiger partial charge in [-0.1, -0.05) is 26.3 Å². The van der Waals surface area contributed by atoms with Crippen molar-refractivity contribution in [2.24, 2.45) is 4.99 Å². The molecule has 1 aromatic rings. The lowest BCUT2D eigenvalue weighted by Gasteiger charge is -1.91. The maximum Gasteiger partial charge on any atom is 0.0386 e. The van der Waals surface area contributed by atoms with Gasteiger partial charge >= 0.3 is 0 Å². The van der Waals surface area contributed by atoms with Crippen LogP contribution in [0.2, 0.25) is 0 Å². The van der Waals surface area contributed by atoms with Gasteiger partial charge in [0.1, 0.15) is 0 Å². The third-order valence-electron chi connectivity index (χ3n) is 2.69. The van der Waals surface area contributed by atoms with Gasteiger partial charge in [0, 0.05) is 22.7 Å². The fourth-order valence-electron chi connectivity index (χ4n) is 1.86. The number of rotatable bonds is 5. The third-order valence-corrected chi connectivity index (χ3v) is 4.04. The zero-order chi connectivity index (χ0) is 12.7. The zero-order valence-corrected chi connectivity index (χ0v) is 12.2. The molecule has 0 unspecified atom stereocenters. The van der Waals surface area contributed by atoms with Gasteiger partial charge in [-0.05, 0) is 43.0 Å². The molecule has 0 spiro atoms. The van der Waals surface area contributed by atoms with Crippen molar-refractivity contribution in [3.05, 3.63) is 20.7 Å². The van der Waals surface area contributed by atoms with Crippen LogP contribution in [0, 0.1) is 0 Å². The Bertz CT molecular complexity index is 480. The molecule has 0 amide bonds. The summed E-state index contributed by atoms with van der Waals surface area (Å²) in [5.74, 6) is 0. The Morgan fingerprint density at radius 3 is 2.76 bits per heavy atom. The highest BCUT2D eigenvalue weighted by molar-refractivity contribution is 7.10. The molecule has 1 nitrogen and oxygen atoms in total. The minimum absolute atomic E-state index is 1.09. The molecule has 2 heteroatoms. The zero-order valence-electron chi connectivity index (χ0n) is 11.4. The van der Waals surface area contributed by atoms with Crippen LogP contribution in [0.15, 0.2) is 11.1 Å². The van der Waals surface area contributed by atoms with E-state index < -0.39 is 0 Å². The predicted molar refractivity (Wildman–Crippen MR) is 80.4 cm³/mol. The molecule has 0 aliphatic rings. The second-order valence-corrected chi connectivity index (χ2v) is 5.42. The van der Waals surface area contributed by atoms with E-state index in [0.29, 0.717) is 0 Å². The van der Waals surface area contributed by atoms with Gasteiger partial charge in [-0.25, -0.2) is 0 Å². The molecule has 0 radical (unpaired) electrons. The number of nitrogens with zero attached hydrogens (tertiary/aromatic N) is 1. The quantitative estimate of drug-likeness (QED) is 0.711. The van der Waals surface area contributed by atoms with E-state index >= 15 is 0 Å². The Balaban J connectivity index is 3.24. The Morgan fingerprint density at radius 1 is 1.41 bits per heavy atom. The monoisotopic (exact) mass is 249 g/mol. The molecular formula is C15H23NS. The number of aliphatic imine (C=N–C) groups is 1. The number of hydrogen-bond acceptors (Lipinski definition) is 2. The van der Waals surface area contributed by atoms with Crippen molar-refractivity contribution in [1.82, 2.24) is 0 Å². The lowest BCUT2D eigenvalue weighted by molar-refractivity contribution is 0.804. The highest BCUT2D eigenvalue weighted by Gasteiger charge is 1.99. The highest BCUT2D eigenvalue weighted by Crippen LogP contribution is 2.06. The van der Waals surface area contributed by atoms with Crippen LogP contribution >= 0.6 is 11.3 Å². The number of hydrogen-bond donors (Lipinski definition) is 0. The van der Waals surface area contributed by atoms with E-state index in [9.17, 15) is 0 Å². The van der Waals surface area contributed by atoms with Crippen LogP contribution < -0.4 is 9.75 Å². The summed E-state index contributed by atoms with van der Waals surface area (Å²) in [4.78, 5) is 5.62. The maximum atomic E-state index is 4.12. The average Bonchev–Trinajstić information content (AvgIpc) is 2.70. The molecule has 1 heterocycles. The SMILES string of the molecule is CC\C=c1/cc(CCCC)s/c1=C(C)/C=N\C. The average molecular weight is 249 g/mol. The van der Waals surface area contributed by atoms with Crippen molar-refractivity contribution in [1.29, 1.82) is 0 Å². The molecule has 0 aliphatic carbocycles. The highest BCUT2D eigenvalue weighted by atomic mass is 32.1. The molecule has 0 atom stereocenters. The van der Waals surface area contributed by atoms with Crippen molar-refractivity contribution < 1.29 is 0 Å². The Kier molecular flexibility index (Phi) is 6.20. The first-order valence-electron chi connectivity index (χ1n) is 6.44. The van der Waals surface area contributed by atoms with Crippen molar-refractivity contribution in [3.63, 3.8) is 0 Å². The molecular weight excluding hydrogens is 226 g/mol. The van der Waals surface area contributed by atoms with Gasteiger partial charge in [0.2, 0.25) is 0 Å². The van der Waals surface area contributed by atoms with Crippen molar-refractivity contribution >= 4 is 29.2 Å². The summed E-state index contributed by atoms with van der Waals surface area (Å²) in [6.07, 6.45) is 9.12. The molecule has 94 valence electrons. The predicted octanol–water partition coefficient (Wildman–Crippen LogP) is 3.15. The van der Waals surface area contributed by atoms with E-state index in [4.69, 9.17) is 0 Å². The van der Waals surface area contributed by atoms with E-state index in [-0.39, 0.29) is 0 Å². The molecule has 0 saturated carbocycles. The van der Waals surface area contributed by atoms with Crippen LogP contribution in [0.5, 0.6) is 0 Å². The number of unbranched alkanes of at least 4 members (excludes halogenated alkanes) is 1. The molecule has 0 aromatic carbocycles. The second-order valence-electron chi connectivity index (χ2n) is 4.28. The first kappa shape index (κ1) is 14.2. The molecule has 0 bridgehead atoms. The van der Waals surface area contributed by atoms with Gasteiger partial charge < -0.3 is 0 Å². The molecule has 0 aliphatic heterocycles. The number of aryl methyl sites for hydroxylation is 1. The van der Waals surface area contributed by atoms with Crippen LogP contribution in [0.4, 0.5) is 0 Å². The lowest BCUT2D eigenvalue weighted by atomic mass is 10.2. The van der Waals surface area contributed by atoms with Crippen LogP contribution in [-0.2, 0) is 6.42 Å². The second kappa shape index (κ2) is 7.44. The standard InChI is InChI=1S/C15H23NS/c1-5-7-9-14-10-13(8-6-2)15(17-14)12(3)11-16-4/h8,10-11H,5-7,9H2,1-4H3/b13-8+,15-12+,16-11-. The molecule has 0 saturated heterocycles. The van der Waals surface area contributed by atoms with Gasteiger partial charge in [-0.15, -0.1) is 11.3 Å². The third kappa shape index (κ3) is 4.12. The summed E-state index contributed by atoms with van der Waals surface area (Å²) in [5, 5.41) is 1.39. The topological polar surface area (TPSA) is 12.4 Å². The van der Waals surface area contributed by atoms with Gasteiger partial charge in [0.15, 0.2) is 0 Å². The minimum atomic E-state index is 1.09. The molecule has 17 heavy (non-hydrogen) atoms. The van der Waals surface area contributed by atoms with E-state index in [1.165, 1.54) is 39.5 Å². The fraction of sp³-hybridized carbons (Fsp3) is 0.533. The van der Waals surface area contributed by atoms with Gasteiger partial charge in [0.05, 0.1) is 0 Å². The van der Waals surface area contributed by atoms with Crippen LogP contribution in [0.25, 0.3) is 11.6 Å². The summed E-state index contributed by atoms with van der Waals surface area (Å²) >= 11 is 1.93. The van der Waals surface area contributed by atoms with Crippen molar-refractivity contribution in [3.8, 4) is 0 Å². The van der Waals surface area contributed by atoms with Crippen LogP contribution in [0.1, 0.15) is 44.9 Å². The molecule has 0 fully saturated rings. The van der Waals surface area contributed by atoms with Gasteiger partial charge in [-0.3, -0.25) is 4.99 Å². The molecule has 0 N–H and O–H groups in total. The molecule has 1 rings (SSSR count). The van der Waals surface area contributed by atoms with Gasteiger partial charge in [-0.2, -0.15) is 0 Å². The Labute approximate surface area is 109 Å². The van der Waals surface area contributed by atoms with Crippen LogP contribution in [-0.4, -0.2) is 13.3 Å². The van der Waals surface area contributed by atoms with E-state index in [1.807, 2.05) is 24.6 Å². The first-order valence-corrected chi connectivity index (χ1v) is 7.26. The van der Waals surface area contributed by atoms with Gasteiger partial charge in [0.25, 0.3) is 0 Å². The van der Waals surface area contributed by atoms with Crippen LogP contribution in [0.3, 0.4) is 0 Å². The van der Waals surface area contributed by atoms with Crippen molar-refractivity contribution in [2.75, 3.05) is 7.05 Å².